The molecule has 2 aromatic rings. The molecule has 18 heavy (non-hydrogen) atoms. The molecular weight excluding hydrogens is 365 g/mol. The Bertz CT molecular complexity index is 575. The molecule has 5 heteroatoms. The van der Waals surface area contributed by atoms with E-state index >= 15 is 0 Å². The Morgan fingerprint density at radius 3 is 2.50 bits per heavy atom. The van der Waals surface area contributed by atoms with Crippen LogP contribution in [-0.2, 0) is 6.54 Å². The van der Waals surface area contributed by atoms with Crippen LogP contribution in [0.4, 0.5) is 4.39 Å². The molecule has 0 heterocycles. The highest BCUT2D eigenvalue weighted by atomic mass is 79.9. The summed E-state index contributed by atoms with van der Waals surface area (Å²) in [6, 6.07) is 10.0. The molecule has 0 fully saturated rings. The third kappa shape index (κ3) is 3.10. The Balaban J connectivity index is 2.31. The predicted molar refractivity (Wildman–Crippen MR) is 76.2 cm³/mol. The van der Waals surface area contributed by atoms with E-state index in [1.54, 1.807) is 18.2 Å². The summed E-state index contributed by atoms with van der Waals surface area (Å²) >= 11 is 6.65. The van der Waals surface area contributed by atoms with E-state index in [0.717, 1.165) is 14.5 Å². The van der Waals surface area contributed by atoms with Crippen LogP contribution in [0.25, 0.3) is 0 Å². The minimum Gasteiger partial charge on any atom is -0.453 e. The largest absolute Gasteiger partial charge is 0.453 e. The summed E-state index contributed by atoms with van der Waals surface area (Å²) in [4.78, 5) is 0. The lowest BCUT2D eigenvalue weighted by atomic mass is 10.2. The van der Waals surface area contributed by atoms with Crippen LogP contribution in [0.3, 0.4) is 0 Å². The van der Waals surface area contributed by atoms with E-state index < -0.39 is 5.82 Å². The van der Waals surface area contributed by atoms with Crippen LogP contribution in [-0.4, -0.2) is 0 Å². The van der Waals surface area contributed by atoms with E-state index in [1.165, 1.54) is 6.07 Å². The van der Waals surface area contributed by atoms with E-state index in [4.69, 9.17) is 10.5 Å². The van der Waals surface area contributed by atoms with E-state index in [2.05, 4.69) is 31.9 Å². The smallest absolute Gasteiger partial charge is 0.165 e. The summed E-state index contributed by atoms with van der Waals surface area (Å²) < 4.78 is 20.6. The van der Waals surface area contributed by atoms with Crippen LogP contribution < -0.4 is 10.5 Å². The second kappa shape index (κ2) is 5.82. The molecule has 0 amide bonds. The normalized spacial score (nSPS) is 10.4. The third-order valence-electron chi connectivity index (χ3n) is 2.35. The van der Waals surface area contributed by atoms with Gasteiger partial charge in [0, 0.05) is 11.0 Å². The molecule has 0 saturated carbocycles. The van der Waals surface area contributed by atoms with Crippen molar-refractivity contribution in [1.29, 1.82) is 0 Å². The SMILES string of the molecule is NCc1ccc(Oc2cc(Br)ccc2F)c(Br)c1. The number of hydrogen-bond donors (Lipinski definition) is 1. The van der Waals surface area contributed by atoms with Gasteiger partial charge < -0.3 is 10.5 Å². The van der Waals surface area contributed by atoms with Gasteiger partial charge in [0.25, 0.3) is 0 Å². The average molecular weight is 375 g/mol. The topological polar surface area (TPSA) is 35.2 Å². The molecule has 0 unspecified atom stereocenters. The monoisotopic (exact) mass is 373 g/mol. The minimum atomic E-state index is -0.409. The second-order valence-corrected chi connectivity index (χ2v) is 5.42. The molecule has 0 aliphatic rings. The van der Waals surface area contributed by atoms with Gasteiger partial charge >= 0.3 is 0 Å². The molecule has 2 aromatic carbocycles. The van der Waals surface area contributed by atoms with Gasteiger partial charge in [0.05, 0.1) is 4.47 Å². The molecule has 0 aromatic heterocycles. The molecule has 0 aliphatic carbocycles. The number of nitrogens with two attached hydrogens (primary N) is 1. The Morgan fingerprint density at radius 1 is 1.06 bits per heavy atom. The highest BCUT2D eigenvalue weighted by molar-refractivity contribution is 9.10. The summed E-state index contributed by atoms with van der Waals surface area (Å²) in [5.41, 5.74) is 6.51. The van der Waals surface area contributed by atoms with Crippen LogP contribution >= 0.6 is 31.9 Å². The van der Waals surface area contributed by atoms with Crippen LogP contribution in [0, 0.1) is 5.82 Å². The molecule has 2 nitrogen and oxygen atoms in total. The van der Waals surface area contributed by atoms with E-state index in [9.17, 15) is 4.39 Å². The quantitative estimate of drug-likeness (QED) is 0.851. The standard InChI is InChI=1S/C13H10Br2FNO/c14-9-2-3-11(16)13(6-9)18-12-4-1-8(7-17)5-10(12)15/h1-6H,7,17H2. The zero-order valence-corrected chi connectivity index (χ0v) is 12.5. The molecular formula is C13H10Br2FNO. The fraction of sp³-hybridized carbons (Fsp3) is 0.0769. The van der Waals surface area contributed by atoms with Gasteiger partial charge in [-0.15, -0.1) is 0 Å². The van der Waals surface area contributed by atoms with Gasteiger partial charge in [0.2, 0.25) is 0 Å². The zero-order chi connectivity index (χ0) is 13.1. The Kier molecular flexibility index (Phi) is 4.37. The van der Waals surface area contributed by atoms with E-state index in [0.29, 0.717) is 12.3 Å². The average Bonchev–Trinajstić information content (AvgIpc) is 2.36. The first-order valence-electron chi connectivity index (χ1n) is 5.21. The molecule has 0 bridgehead atoms. The molecule has 0 spiro atoms. The molecule has 0 atom stereocenters. The summed E-state index contributed by atoms with van der Waals surface area (Å²) in [6.45, 7) is 0.449. The fourth-order valence-corrected chi connectivity index (χ4v) is 2.28. The first kappa shape index (κ1) is 13.5. The highest BCUT2D eigenvalue weighted by Crippen LogP contribution is 2.33. The number of hydrogen-bond acceptors (Lipinski definition) is 2. The maximum absolute atomic E-state index is 13.6. The van der Waals surface area contributed by atoms with Crippen molar-refractivity contribution in [3.8, 4) is 11.5 Å². The Hall–Kier alpha value is -0.910. The van der Waals surface area contributed by atoms with Crippen molar-refractivity contribution >= 4 is 31.9 Å². The first-order chi connectivity index (χ1) is 8.60. The van der Waals surface area contributed by atoms with Gasteiger partial charge in [-0.05, 0) is 51.8 Å². The molecule has 94 valence electrons. The van der Waals surface area contributed by atoms with Crippen molar-refractivity contribution in [2.45, 2.75) is 6.54 Å². The minimum absolute atomic E-state index is 0.172. The number of rotatable bonds is 3. The summed E-state index contributed by atoms with van der Waals surface area (Å²) in [5, 5.41) is 0. The number of benzene rings is 2. The Morgan fingerprint density at radius 2 is 1.83 bits per heavy atom. The Labute approximate surface area is 121 Å². The van der Waals surface area contributed by atoms with Crippen molar-refractivity contribution in [3.05, 3.63) is 56.7 Å². The van der Waals surface area contributed by atoms with Gasteiger partial charge in [-0.3, -0.25) is 0 Å². The van der Waals surface area contributed by atoms with Gasteiger partial charge in [-0.2, -0.15) is 0 Å². The van der Waals surface area contributed by atoms with Crippen LogP contribution in [0.15, 0.2) is 45.3 Å². The van der Waals surface area contributed by atoms with Gasteiger partial charge in [-0.1, -0.05) is 22.0 Å². The van der Waals surface area contributed by atoms with Crippen molar-refractivity contribution in [3.63, 3.8) is 0 Å². The lowest BCUT2D eigenvalue weighted by Gasteiger charge is -2.10. The number of halogens is 3. The van der Waals surface area contributed by atoms with Crippen molar-refractivity contribution in [2.75, 3.05) is 0 Å². The third-order valence-corrected chi connectivity index (χ3v) is 3.46. The second-order valence-electron chi connectivity index (χ2n) is 3.65. The van der Waals surface area contributed by atoms with E-state index in [-0.39, 0.29) is 5.75 Å². The predicted octanol–water partition coefficient (Wildman–Crippen LogP) is 4.60. The zero-order valence-electron chi connectivity index (χ0n) is 9.29. The first-order valence-corrected chi connectivity index (χ1v) is 6.80. The molecule has 0 aliphatic heterocycles. The van der Waals surface area contributed by atoms with Gasteiger partial charge in [-0.25, -0.2) is 4.39 Å². The maximum Gasteiger partial charge on any atom is 0.165 e. The van der Waals surface area contributed by atoms with Gasteiger partial charge in [0.15, 0.2) is 11.6 Å². The summed E-state index contributed by atoms with van der Waals surface area (Å²) in [5.74, 6) is 0.308. The number of ether oxygens (including phenoxy) is 1. The van der Waals surface area contributed by atoms with Crippen LogP contribution in [0.1, 0.15) is 5.56 Å². The molecule has 0 radical (unpaired) electrons. The maximum atomic E-state index is 13.6. The summed E-state index contributed by atoms with van der Waals surface area (Å²) in [6.07, 6.45) is 0. The lowest BCUT2D eigenvalue weighted by molar-refractivity contribution is 0.439. The lowest BCUT2D eigenvalue weighted by Crippen LogP contribution is -1.96. The van der Waals surface area contributed by atoms with E-state index in [1.807, 2.05) is 12.1 Å². The van der Waals surface area contributed by atoms with Crippen molar-refractivity contribution in [1.82, 2.24) is 0 Å². The van der Waals surface area contributed by atoms with Crippen molar-refractivity contribution < 1.29 is 9.13 Å². The van der Waals surface area contributed by atoms with Crippen LogP contribution in [0.2, 0.25) is 0 Å². The fourth-order valence-electron chi connectivity index (χ4n) is 1.43. The van der Waals surface area contributed by atoms with Crippen LogP contribution in [0.5, 0.6) is 11.5 Å². The molecule has 2 rings (SSSR count). The van der Waals surface area contributed by atoms with Crippen molar-refractivity contribution in [2.24, 2.45) is 5.73 Å². The summed E-state index contributed by atoms with van der Waals surface area (Å²) in [7, 11) is 0. The molecule has 2 N–H and O–H groups in total. The van der Waals surface area contributed by atoms with Gasteiger partial charge in [0.1, 0.15) is 5.75 Å². The highest BCUT2D eigenvalue weighted by Gasteiger charge is 2.08. The molecule has 0 saturated heterocycles.